The van der Waals surface area contributed by atoms with Crippen LogP contribution in [0.2, 0.25) is 5.02 Å². The van der Waals surface area contributed by atoms with Crippen LogP contribution < -0.4 is 10.2 Å². The zero-order chi connectivity index (χ0) is 15.2. The number of rotatable bonds is 6. The number of pyridine rings is 1. The molecule has 1 atom stereocenters. The first-order valence-corrected chi connectivity index (χ1v) is 7.63. The number of hydrogen-bond donors (Lipinski definition) is 1. The van der Waals surface area contributed by atoms with E-state index in [9.17, 15) is 0 Å². The molecule has 0 aliphatic rings. The van der Waals surface area contributed by atoms with Gasteiger partial charge in [-0.3, -0.25) is 4.98 Å². The van der Waals surface area contributed by atoms with Gasteiger partial charge in [0.1, 0.15) is 0 Å². The summed E-state index contributed by atoms with van der Waals surface area (Å²) in [5, 5.41) is 4.07. The third-order valence-electron chi connectivity index (χ3n) is 3.70. The maximum Gasteiger partial charge on any atom is 0.0562 e. The maximum atomic E-state index is 5.95. The summed E-state index contributed by atoms with van der Waals surface area (Å²) in [6.07, 6.45) is 1.87. The lowest BCUT2D eigenvalue weighted by Gasteiger charge is -2.27. The maximum absolute atomic E-state index is 5.95. The Kier molecular flexibility index (Phi) is 5.59. The summed E-state index contributed by atoms with van der Waals surface area (Å²) < 4.78 is 0. The number of benzene rings is 1. The van der Waals surface area contributed by atoms with Gasteiger partial charge >= 0.3 is 0 Å². The summed E-state index contributed by atoms with van der Waals surface area (Å²) in [7, 11) is 2.10. The summed E-state index contributed by atoms with van der Waals surface area (Å²) in [6, 6.07) is 12.5. The van der Waals surface area contributed by atoms with Crippen molar-refractivity contribution in [3.63, 3.8) is 0 Å². The van der Waals surface area contributed by atoms with Crippen molar-refractivity contribution in [3.05, 3.63) is 58.9 Å². The molecule has 0 bridgehead atoms. The van der Waals surface area contributed by atoms with Gasteiger partial charge in [-0.1, -0.05) is 30.7 Å². The van der Waals surface area contributed by atoms with E-state index in [0.717, 1.165) is 23.8 Å². The van der Waals surface area contributed by atoms with Crippen molar-refractivity contribution < 1.29 is 0 Å². The van der Waals surface area contributed by atoms with E-state index in [4.69, 9.17) is 11.6 Å². The molecule has 1 unspecified atom stereocenters. The summed E-state index contributed by atoms with van der Waals surface area (Å²) in [5.74, 6) is 0. The summed E-state index contributed by atoms with van der Waals surface area (Å²) >= 11 is 5.95. The molecule has 1 heterocycles. The lowest BCUT2D eigenvalue weighted by atomic mass is 10.1. The molecule has 0 fully saturated rings. The smallest absolute Gasteiger partial charge is 0.0562 e. The average molecular weight is 304 g/mol. The standard InChI is InChI=1S/C17H22ClN3/c1-4-19-12-16-11-17(9-10-20-16)21(3)13(2)14-5-7-15(18)8-6-14/h5-11,13,19H,4,12H2,1-3H3. The molecule has 0 radical (unpaired) electrons. The van der Waals surface area contributed by atoms with Gasteiger partial charge < -0.3 is 10.2 Å². The van der Waals surface area contributed by atoms with Crippen molar-refractivity contribution in [1.82, 2.24) is 10.3 Å². The molecule has 0 aliphatic carbocycles. The topological polar surface area (TPSA) is 28.2 Å². The van der Waals surface area contributed by atoms with Gasteiger partial charge in [-0.15, -0.1) is 0 Å². The fraction of sp³-hybridized carbons (Fsp3) is 0.353. The Morgan fingerprint density at radius 2 is 1.95 bits per heavy atom. The van der Waals surface area contributed by atoms with E-state index in [2.05, 4.69) is 54.3 Å². The Bertz CT molecular complexity index is 569. The quantitative estimate of drug-likeness (QED) is 0.873. The highest BCUT2D eigenvalue weighted by Gasteiger charge is 2.12. The van der Waals surface area contributed by atoms with Crippen molar-refractivity contribution >= 4 is 17.3 Å². The van der Waals surface area contributed by atoms with Crippen molar-refractivity contribution in [2.24, 2.45) is 0 Å². The van der Waals surface area contributed by atoms with Crippen molar-refractivity contribution in [2.75, 3.05) is 18.5 Å². The van der Waals surface area contributed by atoms with Gasteiger partial charge in [0.25, 0.3) is 0 Å². The van der Waals surface area contributed by atoms with Crippen LogP contribution in [0.3, 0.4) is 0 Å². The molecule has 21 heavy (non-hydrogen) atoms. The van der Waals surface area contributed by atoms with Crippen LogP contribution in [0.1, 0.15) is 31.1 Å². The third kappa shape index (κ3) is 4.19. The molecule has 0 aliphatic heterocycles. The van der Waals surface area contributed by atoms with E-state index in [1.54, 1.807) is 0 Å². The predicted molar refractivity (Wildman–Crippen MR) is 89.9 cm³/mol. The Balaban J connectivity index is 2.14. The van der Waals surface area contributed by atoms with Gasteiger partial charge in [0.15, 0.2) is 0 Å². The normalized spacial score (nSPS) is 12.2. The van der Waals surface area contributed by atoms with Gasteiger partial charge in [0.05, 0.1) is 11.7 Å². The molecule has 0 spiro atoms. The first kappa shape index (κ1) is 15.8. The molecule has 3 nitrogen and oxygen atoms in total. The summed E-state index contributed by atoms with van der Waals surface area (Å²) in [6.45, 7) is 6.03. The first-order valence-electron chi connectivity index (χ1n) is 7.25. The lowest BCUT2D eigenvalue weighted by Crippen LogP contribution is -2.22. The minimum Gasteiger partial charge on any atom is -0.368 e. The van der Waals surface area contributed by atoms with Crippen LogP contribution in [0.25, 0.3) is 0 Å². The van der Waals surface area contributed by atoms with Gasteiger partial charge in [0.2, 0.25) is 0 Å². The monoisotopic (exact) mass is 303 g/mol. The zero-order valence-electron chi connectivity index (χ0n) is 12.8. The van der Waals surface area contributed by atoms with Gasteiger partial charge in [-0.2, -0.15) is 0 Å². The fourth-order valence-corrected chi connectivity index (χ4v) is 2.35. The van der Waals surface area contributed by atoms with Crippen LogP contribution >= 0.6 is 11.6 Å². The second-order valence-electron chi connectivity index (χ2n) is 5.12. The van der Waals surface area contributed by atoms with Crippen LogP contribution in [0, 0.1) is 0 Å². The summed E-state index contributed by atoms with van der Waals surface area (Å²) in [4.78, 5) is 6.65. The molecular formula is C17H22ClN3. The van der Waals surface area contributed by atoms with Crippen LogP contribution in [0.5, 0.6) is 0 Å². The van der Waals surface area contributed by atoms with Crippen LogP contribution in [0.4, 0.5) is 5.69 Å². The van der Waals surface area contributed by atoms with E-state index >= 15 is 0 Å². The van der Waals surface area contributed by atoms with E-state index in [0.29, 0.717) is 0 Å². The predicted octanol–water partition coefficient (Wildman–Crippen LogP) is 4.04. The van der Waals surface area contributed by atoms with E-state index in [1.807, 2.05) is 24.4 Å². The molecule has 1 aromatic heterocycles. The van der Waals surface area contributed by atoms with Gasteiger partial charge in [-0.25, -0.2) is 0 Å². The number of nitrogens with one attached hydrogen (secondary N) is 1. The second-order valence-corrected chi connectivity index (χ2v) is 5.56. The molecule has 2 rings (SSSR count). The highest BCUT2D eigenvalue weighted by atomic mass is 35.5. The number of anilines is 1. The van der Waals surface area contributed by atoms with E-state index in [-0.39, 0.29) is 6.04 Å². The van der Waals surface area contributed by atoms with Gasteiger partial charge in [0, 0.05) is 30.5 Å². The molecule has 1 N–H and O–H groups in total. The largest absolute Gasteiger partial charge is 0.368 e. The van der Waals surface area contributed by atoms with E-state index < -0.39 is 0 Å². The molecule has 0 amide bonds. The van der Waals surface area contributed by atoms with Crippen molar-refractivity contribution in [1.29, 1.82) is 0 Å². The van der Waals surface area contributed by atoms with Crippen molar-refractivity contribution in [3.8, 4) is 0 Å². The first-order chi connectivity index (χ1) is 10.1. The summed E-state index contributed by atoms with van der Waals surface area (Å²) in [5.41, 5.74) is 3.47. The minimum atomic E-state index is 0.275. The molecule has 0 saturated heterocycles. The molecule has 0 saturated carbocycles. The SMILES string of the molecule is CCNCc1cc(N(C)C(C)c2ccc(Cl)cc2)ccn1. The van der Waals surface area contributed by atoms with Gasteiger partial charge in [-0.05, 0) is 43.3 Å². The molecular weight excluding hydrogens is 282 g/mol. The molecule has 4 heteroatoms. The highest BCUT2D eigenvalue weighted by Crippen LogP contribution is 2.26. The Morgan fingerprint density at radius 3 is 2.62 bits per heavy atom. The minimum absolute atomic E-state index is 0.275. The highest BCUT2D eigenvalue weighted by molar-refractivity contribution is 6.30. The lowest BCUT2D eigenvalue weighted by molar-refractivity contribution is 0.705. The number of hydrogen-bond acceptors (Lipinski definition) is 3. The molecule has 1 aromatic carbocycles. The number of aromatic nitrogens is 1. The Labute approximate surface area is 132 Å². The molecule has 112 valence electrons. The van der Waals surface area contributed by atoms with E-state index in [1.165, 1.54) is 11.3 Å². The Hall–Kier alpha value is -1.58. The third-order valence-corrected chi connectivity index (χ3v) is 3.95. The molecule has 2 aromatic rings. The zero-order valence-corrected chi connectivity index (χ0v) is 13.6. The number of nitrogens with zero attached hydrogens (tertiary/aromatic N) is 2. The van der Waals surface area contributed by atoms with Crippen LogP contribution in [-0.4, -0.2) is 18.6 Å². The Morgan fingerprint density at radius 1 is 1.24 bits per heavy atom. The fourth-order valence-electron chi connectivity index (χ4n) is 2.22. The second kappa shape index (κ2) is 7.43. The number of halogens is 1. The van der Waals surface area contributed by atoms with Crippen molar-refractivity contribution in [2.45, 2.75) is 26.4 Å². The van der Waals surface area contributed by atoms with Crippen LogP contribution in [-0.2, 0) is 6.54 Å². The van der Waals surface area contributed by atoms with Crippen LogP contribution in [0.15, 0.2) is 42.6 Å². The average Bonchev–Trinajstić information content (AvgIpc) is 2.52.